The van der Waals surface area contributed by atoms with Crippen LogP contribution < -0.4 is 0 Å². The fraction of sp³-hybridized carbons (Fsp3) is 0.619. The quantitative estimate of drug-likeness (QED) is 0.672. The highest BCUT2D eigenvalue weighted by Gasteiger charge is 2.34. The SMILES string of the molecule is CCCCN(CC(=O)N1CCc2ccccc2C1C)C(=O)C(C)(C)CCl. The van der Waals surface area contributed by atoms with E-state index in [-0.39, 0.29) is 30.3 Å². The van der Waals surface area contributed by atoms with Crippen molar-refractivity contribution in [2.24, 2.45) is 5.41 Å². The predicted molar refractivity (Wildman–Crippen MR) is 106 cm³/mol. The molecule has 0 bridgehead atoms. The van der Waals surface area contributed by atoms with Crippen LogP contribution in [0.5, 0.6) is 0 Å². The van der Waals surface area contributed by atoms with Gasteiger partial charge in [0.15, 0.2) is 0 Å². The molecule has 1 aromatic rings. The topological polar surface area (TPSA) is 40.6 Å². The number of hydrogen-bond acceptors (Lipinski definition) is 2. The van der Waals surface area contributed by atoms with E-state index in [1.807, 2.05) is 30.9 Å². The van der Waals surface area contributed by atoms with Gasteiger partial charge in [-0.1, -0.05) is 37.6 Å². The van der Waals surface area contributed by atoms with Crippen LogP contribution in [0, 0.1) is 5.41 Å². The molecule has 0 radical (unpaired) electrons. The van der Waals surface area contributed by atoms with E-state index < -0.39 is 5.41 Å². The lowest BCUT2D eigenvalue weighted by Gasteiger charge is -2.37. The predicted octanol–water partition coefficient (Wildman–Crippen LogP) is 4.03. The summed E-state index contributed by atoms with van der Waals surface area (Å²) in [5, 5.41) is 0. The van der Waals surface area contributed by atoms with Gasteiger partial charge < -0.3 is 9.80 Å². The van der Waals surface area contributed by atoms with E-state index in [2.05, 4.69) is 26.0 Å². The summed E-state index contributed by atoms with van der Waals surface area (Å²) >= 11 is 5.99. The van der Waals surface area contributed by atoms with Gasteiger partial charge in [0.1, 0.15) is 0 Å². The number of unbranched alkanes of at least 4 members (excludes halogenated alkanes) is 1. The number of rotatable bonds is 7. The molecule has 0 aliphatic carbocycles. The second-order valence-corrected chi connectivity index (χ2v) is 8.08. The van der Waals surface area contributed by atoms with Crippen molar-refractivity contribution in [3.63, 3.8) is 0 Å². The summed E-state index contributed by atoms with van der Waals surface area (Å²) in [7, 11) is 0. The number of halogens is 1. The van der Waals surface area contributed by atoms with Crippen molar-refractivity contribution in [1.29, 1.82) is 0 Å². The summed E-state index contributed by atoms with van der Waals surface area (Å²) in [6.45, 7) is 9.26. The van der Waals surface area contributed by atoms with Crippen molar-refractivity contribution in [3.05, 3.63) is 35.4 Å². The minimum atomic E-state index is -0.657. The molecule has 1 aliphatic heterocycles. The molecular formula is C21H31ClN2O2. The standard InChI is InChI=1S/C21H31ClN2O2/c1-5-6-12-23(20(26)21(3,4)15-22)14-19(25)24-13-11-17-9-7-8-10-18(17)16(24)2/h7-10,16H,5-6,11-15H2,1-4H3. The van der Waals surface area contributed by atoms with Crippen LogP contribution >= 0.6 is 11.6 Å². The Labute approximate surface area is 162 Å². The lowest BCUT2D eigenvalue weighted by atomic mass is 9.93. The maximum Gasteiger partial charge on any atom is 0.242 e. The molecule has 144 valence electrons. The first-order chi connectivity index (χ1) is 12.3. The molecule has 0 saturated heterocycles. The van der Waals surface area contributed by atoms with E-state index in [4.69, 9.17) is 11.6 Å². The average Bonchev–Trinajstić information content (AvgIpc) is 2.64. The fourth-order valence-electron chi connectivity index (χ4n) is 3.45. The van der Waals surface area contributed by atoms with Gasteiger partial charge in [-0.2, -0.15) is 0 Å². The minimum absolute atomic E-state index is 0.0156. The summed E-state index contributed by atoms with van der Waals surface area (Å²) in [5.41, 5.74) is 1.86. The zero-order chi connectivity index (χ0) is 19.3. The first-order valence-electron chi connectivity index (χ1n) is 9.54. The number of amides is 2. The van der Waals surface area contributed by atoms with E-state index in [1.54, 1.807) is 4.90 Å². The number of nitrogens with zero attached hydrogens (tertiary/aromatic N) is 2. The summed E-state index contributed by atoms with van der Waals surface area (Å²) in [5.74, 6) is 0.219. The highest BCUT2D eigenvalue weighted by Crippen LogP contribution is 2.29. The van der Waals surface area contributed by atoms with Gasteiger partial charge in [-0.3, -0.25) is 9.59 Å². The Balaban J connectivity index is 2.13. The minimum Gasteiger partial charge on any atom is -0.334 e. The molecule has 1 atom stereocenters. The van der Waals surface area contributed by atoms with Gasteiger partial charge in [0.05, 0.1) is 18.0 Å². The Kier molecular flexibility index (Phi) is 7.10. The second kappa shape index (κ2) is 8.90. The van der Waals surface area contributed by atoms with Crippen LogP contribution in [0.1, 0.15) is 57.7 Å². The van der Waals surface area contributed by atoms with E-state index in [9.17, 15) is 9.59 Å². The summed E-state index contributed by atoms with van der Waals surface area (Å²) < 4.78 is 0. The van der Waals surface area contributed by atoms with E-state index in [0.29, 0.717) is 13.1 Å². The van der Waals surface area contributed by atoms with Gasteiger partial charge in [0.2, 0.25) is 11.8 Å². The molecule has 4 nitrogen and oxygen atoms in total. The van der Waals surface area contributed by atoms with Crippen molar-refractivity contribution in [2.45, 2.75) is 53.0 Å². The van der Waals surface area contributed by atoms with Crippen molar-refractivity contribution >= 4 is 23.4 Å². The molecule has 0 N–H and O–H groups in total. The molecule has 0 spiro atoms. The Morgan fingerprint density at radius 3 is 2.65 bits per heavy atom. The van der Waals surface area contributed by atoms with Crippen molar-refractivity contribution in [1.82, 2.24) is 9.80 Å². The van der Waals surface area contributed by atoms with Gasteiger partial charge in [0, 0.05) is 19.0 Å². The molecular weight excluding hydrogens is 348 g/mol. The lowest BCUT2D eigenvalue weighted by Crippen LogP contribution is -2.49. The van der Waals surface area contributed by atoms with Gasteiger partial charge in [-0.05, 0) is 44.7 Å². The number of fused-ring (bicyclic) bond motifs is 1. The maximum atomic E-state index is 13.0. The van der Waals surface area contributed by atoms with Crippen LogP contribution in [-0.2, 0) is 16.0 Å². The molecule has 0 fully saturated rings. The lowest BCUT2D eigenvalue weighted by molar-refractivity contribution is -0.146. The maximum absolute atomic E-state index is 13.0. The first-order valence-corrected chi connectivity index (χ1v) is 10.1. The van der Waals surface area contributed by atoms with Gasteiger partial charge >= 0.3 is 0 Å². The second-order valence-electron chi connectivity index (χ2n) is 7.81. The average molecular weight is 379 g/mol. The zero-order valence-corrected chi connectivity index (χ0v) is 17.2. The van der Waals surface area contributed by atoms with E-state index >= 15 is 0 Å². The first kappa shape index (κ1) is 20.8. The van der Waals surface area contributed by atoms with Gasteiger partial charge in [-0.25, -0.2) is 0 Å². The highest BCUT2D eigenvalue weighted by atomic mass is 35.5. The van der Waals surface area contributed by atoms with Crippen LogP contribution in [0.3, 0.4) is 0 Å². The number of alkyl halides is 1. The Hall–Kier alpha value is -1.55. The van der Waals surface area contributed by atoms with Crippen LogP contribution in [0.2, 0.25) is 0 Å². The summed E-state index contributed by atoms with van der Waals surface area (Å²) in [4.78, 5) is 29.5. The number of benzene rings is 1. The van der Waals surface area contributed by atoms with E-state index in [0.717, 1.165) is 19.3 Å². The van der Waals surface area contributed by atoms with Crippen molar-refractivity contribution in [2.75, 3.05) is 25.5 Å². The Bertz CT molecular complexity index is 645. The molecule has 1 unspecified atom stereocenters. The molecule has 1 aromatic carbocycles. The number of carbonyl (C=O) groups excluding carboxylic acids is 2. The third-order valence-electron chi connectivity index (χ3n) is 5.22. The third-order valence-corrected chi connectivity index (χ3v) is 5.89. The molecule has 0 aromatic heterocycles. The molecule has 1 heterocycles. The van der Waals surface area contributed by atoms with Crippen molar-refractivity contribution < 1.29 is 9.59 Å². The van der Waals surface area contributed by atoms with Crippen LogP contribution in [-0.4, -0.2) is 47.1 Å². The molecule has 5 heteroatoms. The van der Waals surface area contributed by atoms with Crippen molar-refractivity contribution in [3.8, 4) is 0 Å². The Morgan fingerprint density at radius 2 is 2.00 bits per heavy atom. The van der Waals surface area contributed by atoms with E-state index in [1.165, 1.54) is 11.1 Å². The largest absolute Gasteiger partial charge is 0.334 e. The van der Waals surface area contributed by atoms with Gasteiger partial charge in [0.25, 0.3) is 0 Å². The van der Waals surface area contributed by atoms with Crippen LogP contribution in [0.25, 0.3) is 0 Å². The molecule has 2 amide bonds. The number of hydrogen-bond donors (Lipinski definition) is 0. The monoisotopic (exact) mass is 378 g/mol. The van der Waals surface area contributed by atoms with Crippen LogP contribution in [0.15, 0.2) is 24.3 Å². The third kappa shape index (κ3) is 4.59. The normalized spacial score (nSPS) is 17.0. The molecule has 26 heavy (non-hydrogen) atoms. The highest BCUT2D eigenvalue weighted by molar-refractivity contribution is 6.19. The summed E-state index contributed by atoms with van der Waals surface area (Å²) in [6.07, 6.45) is 2.73. The summed E-state index contributed by atoms with van der Waals surface area (Å²) in [6, 6.07) is 8.33. The van der Waals surface area contributed by atoms with Crippen LogP contribution in [0.4, 0.5) is 0 Å². The molecule has 0 saturated carbocycles. The fourth-order valence-corrected chi connectivity index (χ4v) is 3.57. The molecule has 1 aliphatic rings. The zero-order valence-electron chi connectivity index (χ0n) is 16.4. The molecule has 2 rings (SSSR count). The smallest absolute Gasteiger partial charge is 0.242 e. The number of carbonyl (C=O) groups is 2. The Morgan fingerprint density at radius 1 is 1.31 bits per heavy atom. The van der Waals surface area contributed by atoms with Gasteiger partial charge in [-0.15, -0.1) is 11.6 Å².